The van der Waals surface area contributed by atoms with Gasteiger partial charge in [-0.3, -0.25) is 4.90 Å². The van der Waals surface area contributed by atoms with Crippen molar-refractivity contribution in [1.29, 1.82) is 0 Å². The third-order valence-electron chi connectivity index (χ3n) is 4.58. The van der Waals surface area contributed by atoms with Gasteiger partial charge in [0.05, 0.1) is 11.6 Å². The van der Waals surface area contributed by atoms with Crippen LogP contribution in [0.25, 0.3) is 0 Å². The summed E-state index contributed by atoms with van der Waals surface area (Å²) in [6, 6.07) is 11.0. The number of halogens is 3. The number of alkyl halides is 3. The molecule has 1 heterocycles. The molecule has 0 bridgehead atoms. The maximum Gasteiger partial charge on any atom is 0.416 e. The van der Waals surface area contributed by atoms with Crippen LogP contribution in [0.1, 0.15) is 22.7 Å². The Morgan fingerprint density at radius 3 is 2.62 bits per heavy atom. The molecule has 1 aliphatic heterocycles. The SMILES string of the molecule is NCCN(C(=O)OCc1ccccc1)[C@H]1c2ccc(C(F)(F)F)cc2OC[C@@H]1O. The first-order valence-electron chi connectivity index (χ1n) is 9.00. The second-order valence-electron chi connectivity index (χ2n) is 6.60. The number of aliphatic hydroxyl groups is 1. The molecular weight excluding hydrogens is 389 g/mol. The molecule has 0 saturated carbocycles. The van der Waals surface area contributed by atoms with Crippen LogP contribution in [0.3, 0.4) is 0 Å². The van der Waals surface area contributed by atoms with Crippen molar-refractivity contribution in [2.45, 2.75) is 24.9 Å². The van der Waals surface area contributed by atoms with Crippen molar-refractivity contribution in [3.05, 3.63) is 65.2 Å². The van der Waals surface area contributed by atoms with E-state index in [1.54, 1.807) is 24.3 Å². The predicted molar refractivity (Wildman–Crippen MR) is 98.1 cm³/mol. The number of fused-ring (bicyclic) bond motifs is 1. The minimum Gasteiger partial charge on any atom is -0.490 e. The molecule has 29 heavy (non-hydrogen) atoms. The van der Waals surface area contributed by atoms with E-state index in [1.165, 1.54) is 11.0 Å². The number of carbonyl (C=O) groups is 1. The van der Waals surface area contributed by atoms with Crippen LogP contribution in [0.15, 0.2) is 48.5 Å². The van der Waals surface area contributed by atoms with Gasteiger partial charge in [0.2, 0.25) is 0 Å². The lowest BCUT2D eigenvalue weighted by atomic mass is 9.95. The smallest absolute Gasteiger partial charge is 0.416 e. The first-order chi connectivity index (χ1) is 13.8. The summed E-state index contributed by atoms with van der Waals surface area (Å²) < 4.78 is 49.6. The number of nitrogens with zero attached hydrogens (tertiary/aromatic N) is 1. The fraction of sp³-hybridized carbons (Fsp3) is 0.350. The molecule has 6 nitrogen and oxygen atoms in total. The van der Waals surface area contributed by atoms with Crippen molar-refractivity contribution in [2.75, 3.05) is 19.7 Å². The molecule has 9 heteroatoms. The van der Waals surface area contributed by atoms with E-state index in [1.807, 2.05) is 6.07 Å². The number of benzene rings is 2. The average Bonchev–Trinajstić information content (AvgIpc) is 2.70. The highest BCUT2D eigenvalue weighted by Gasteiger charge is 2.39. The lowest BCUT2D eigenvalue weighted by Crippen LogP contribution is -2.47. The Labute approximate surface area is 165 Å². The molecule has 3 rings (SSSR count). The maximum atomic E-state index is 13.0. The van der Waals surface area contributed by atoms with Gasteiger partial charge in [-0.25, -0.2) is 4.79 Å². The number of amides is 1. The molecular formula is C20H21F3N2O4. The van der Waals surface area contributed by atoms with Gasteiger partial charge in [-0.05, 0) is 17.7 Å². The van der Waals surface area contributed by atoms with Crippen molar-refractivity contribution in [3.63, 3.8) is 0 Å². The van der Waals surface area contributed by atoms with Gasteiger partial charge in [0.1, 0.15) is 25.1 Å². The summed E-state index contributed by atoms with van der Waals surface area (Å²) in [7, 11) is 0. The molecule has 0 spiro atoms. The van der Waals surface area contributed by atoms with Gasteiger partial charge in [-0.15, -0.1) is 0 Å². The molecule has 2 atom stereocenters. The quantitative estimate of drug-likeness (QED) is 0.791. The van der Waals surface area contributed by atoms with Gasteiger partial charge in [-0.2, -0.15) is 13.2 Å². The van der Waals surface area contributed by atoms with Crippen LogP contribution < -0.4 is 10.5 Å². The maximum absolute atomic E-state index is 13.0. The molecule has 3 N–H and O–H groups in total. The van der Waals surface area contributed by atoms with Crippen LogP contribution in [0.4, 0.5) is 18.0 Å². The van der Waals surface area contributed by atoms with Crippen molar-refractivity contribution < 1.29 is 32.5 Å². The molecule has 0 radical (unpaired) electrons. The highest BCUT2D eigenvalue weighted by molar-refractivity contribution is 5.69. The van der Waals surface area contributed by atoms with Gasteiger partial charge in [0.25, 0.3) is 0 Å². The fourth-order valence-corrected chi connectivity index (χ4v) is 3.21. The number of rotatable bonds is 5. The van der Waals surface area contributed by atoms with Gasteiger partial charge < -0.3 is 20.3 Å². The summed E-state index contributed by atoms with van der Waals surface area (Å²) in [5.41, 5.74) is 5.78. The minimum atomic E-state index is -4.53. The van der Waals surface area contributed by atoms with Crippen molar-refractivity contribution in [2.24, 2.45) is 5.73 Å². The second kappa shape index (κ2) is 8.71. The minimum absolute atomic E-state index is 0.0138. The number of hydrogen-bond acceptors (Lipinski definition) is 5. The summed E-state index contributed by atoms with van der Waals surface area (Å²) in [6.07, 6.45) is -6.40. The number of nitrogens with two attached hydrogens (primary N) is 1. The highest BCUT2D eigenvalue weighted by atomic mass is 19.4. The molecule has 1 amide bonds. The van der Waals surface area contributed by atoms with Crippen LogP contribution in [0.5, 0.6) is 5.75 Å². The number of aliphatic hydroxyl groups excluding tert-OH is 1. The highest BCUT2D eigenvalue weighted by Crippen LogP contribution is 2.40. The zero-order chi connectivity index (χ0) is 21.0. The Balaban J connectivity index is 1.85. The van der Waals surface area contributed by atoms with Gasteiger partial charge in [0, 0.05) is 18.7 Å². The second-order valence-corrected chi connectivity index (χ2v) is 6.60. The van der Waals surface area contributed by atoms with Crippen LogP contribution in [0.2, 0.25) is 0 Å². The van der Waals surface area contributed by atoms with Crippen molar-refractivity contribution in [3.8, 4) is 5.75 Å². The lowest BCUT2D eigenvalue weighted by molar-refractivity contribution is -0.137. The molecule has 0 aromatic heterocycles. The molecule has 2 aromatic carbocycles. The van der Waals surface area contributed by atoms with Crippen LogP contribution in [-0.4, -0.2) is 41.9 Å². The molecule has 2 aromatic rings. The number of ether oxygens (including phenoxy) is 2. The fourth-order valence-electron chi connectivity index (χ4n) is 3.21. The van der Waals surface area contributed by atoms with E-state index in [0.29, 0.717) is 0 Å². The molecule has 0 saturated heterocycles. The molecule has 0 unspecified atom stereocenters. The third-order valence-corrected chi connectivity index (χ3v) is 4.58. The monoisotopic (exact) mass is 410 g/mol. The predicted octanol–water partition coefficient (Wildman–Crippen LogP) is 3.10. The third kappa shape index (κ3) is 4.80. The molecule has 0 fully saturated rings. The summed E-state index contributed by atoms with van der Waals surface area (Å²) in [5.74, 6) is -0.0343. The Morgan fingerprint density at radius 2 is 1.97 bits per heavy atom. The first-order valence-corrected chi connectivity index (χ1v) is 9.00. The summed E-state index contributed by atoms with van der Waals surface area (Å²) in [4.78, 5) is 13.9. The summed E-state index contributed by atoms with van der Waals surface area (Å²) in [6.45, 7) is -0.109. The Morgan fingerprint density at radius 1 is 1.24 bits per heavy atom. The Kier molecular flexibility index (Phi) is 6.29. The Hall–Kier alpha value is -2.78. The lowest BCUT2D eigenvalue weighted by Gasteiger charge is -2.38. The summed E-state index contributed by atoms with van der Waals surface area (Å²) >= 11 is 0. The Bertz CT molecular complexity index is 845. The van der Waals surface area contributed by atoms with Gasteiger partial charge in [0.15, 0.2) is 0 Å². The van der Waals surface area contributed by atoms with Gasteiger partial charge >= 0.3 is 12.3 Å². The molecule has 1 aliphatic rings. The van der Waals surface area contributed by atoms with Crippen molar-refractivity contribution >= 4 is 6.09 Å². The van der Waals surface area contributed by atoms with Crippen LogP contribution in [-0.2, 0) is 17.5 Å². The summed E-state index contributed by atoms with van der Waals surface area (Å²) in [5, 5.41) is 10.4. The van der Waals surface area contributed by atoms with Crippen molar-refractivity contribution in [1.82, 2.24) is 4.90 Å². The van der Waals surface area contributed by atoms with Gasteiger partial charge in [-0.1, -0.05) is 36.4 Å². The first kappa shape index (κ1) is 20.9. The normalized spacial score (nSPS) is 18.5. The largest absolute Gasteiger partial charge is 0.490 e. The van der Waals surface area contributed by atoms with E-state index in [2.05, 4.69) is 0 Å². The number of carbonyl (C=O) groups excluding carboxylic acids is 1. The van der Waals surface area contributed by atoms with Crippen LogP contribution >= 0.6 is 0 Å². The zero-order valence-electron chi connectivity index (χ0n) is 15.4. The van der Waals surface area contributed by atoms with E-state index in [4.69, 9.17) is 15.2 Å². The van der Waals surface area contributed by atoms with E-state index in [9.17, 15) is 23.1 Å². The average molecular weight is 410 g/mol. The van der Waals surface area contributed by atoms with E-state index in [0.717, 1.165) is 17.7 Å². The van der Waals surface area contributed by atoms with E-state index < -0.39 is 30.0 Å². The topological polar surface area (TPSA) is 85.0 Å². The standard InChI is InChI=1S/C20H21F3N2O4/c21-20(22,23)14-6-7-15-17(10-14)28-12-16(26)18(15)25(9-8-24)19(27)29-11-13-4-2-1-3-5-13/h1-7,10,16,18,26H,8-9,11-12,24H2/t16-,18-/m0/s1. The van der Waals surface area contributed by atoms with E-state index >= 15 is 0 Å². The number of hydrogen-bond donors (Lipinski definition) is 2. The van der Waals surface area contributed by atoms with E-state index in [-0.39, 0.29) is 37.6 Å². The molecule has 0 aliphatic carbocycles. The zero-order valence-corrected chi connectivity index (χ0v) is 15.4. The van der Waals surface area contributed by atoms with Crippen LogP contribution in [0, 0.1) is 0 Å². The molecule has 156 valence electrons.